The van der Waals surface area contributed by atoms with Crippen molar-refractivity contribution < 1.29 is 14.6 Å². The largest absolute Gasteiger partial charge is 0.490 e. The van der Waals surface area contributed by atoms with E-state index in [-0.39, 0.29) is 5.76 Å². The standard InChI is InChI=1S/C15H15NO3/c1-16-12(7-5-9-14(19-2)15(17)18)10-11-6-3-4-8-13(11)16/h3-10H,1-2H3,(H,17,18). The Labute approximate surface area is 111 Å². The molecular formula is C15H15NO3. The number of aryl methyl sites for hydroxylation is 1. The summed E-state index contributed by atoms with van der Waals surface area (Å²) in [4.78, 5) is 10.7. The highest BCUT2D eigenvalue weighted by atomic mass is 16.5. The molecule has 0 fully saturated rings. The average Bonchev–Trinajstić information content (AvgIpc) is 2.72. The Morgan fingerprint density at radius 3 is 2.74 bits per heavy atom. The van der Waals surface area contributed by atoms with Crippen molar-refractivity contribution in [1.29, 1.82) is 0 Å². The van der Waals surface area contributed by atoms with Gasteiger partial charge in [0.1, 0.15) is 0 Å². The molecule has 98 valence electrons. The lowest BCUT2D eigenvalue weighted by Crippen LogP contribution is -2.01. The number of ether oxygens (including phenoxy) is 1. The summed E-state index contributed by atoms with van der Waals surface area (Å²) in [6, 6.07) is 10.1. The van der Waals surface area contributed by atoms with Gasteiger partial charge in [0.25, 0.3) is 0 Å². The number of aromatic nitrogens is 1. The number of allylic oxidation sites excluding steroid dienone is 2. The number of aliphatic carboxylic acids is 1. The van der Waals surface area contributed by atoms with Crippen LogP contribution in [0.4, 0.5) is 0 Å². The second-order valence-electron chi connectivity index (χ2n) is 4.09. The van der Waals surface area contributed by atoms with Gasteiger partial charge in [0, 0.05) is 23.6 Å². The van der Waals surface area contributed by atoms with Crippen LogP contribution in [0.5, 0.6) is 0 Å². The maximum absolute atomic E-state index is 10.7. The van der Waals surface area contributed by atoms with E-state index in [9.17, 15) is 4.79 Å². The third kappa shape index (κ3) is 2.68. The summed E-state index contributed by atoms with van der Waals surface area (Å²) in [5.41, 5.74) is 2.13. The highest BCUT2D eigenvalue weighted by Crippen LogP contribution is 2.19. The van der Waals surface area contributed by atoms with Gasteiger partial charge in [0.2, 0.25) is 5.76 Å². The molecule has 19 heavy (non-hydrogen) atoms. The Bertz CT molecular complexity index is 665. The molecule has 0 amide bonds. The Morgan fingerprint density at radius 2 is 2.11 bits per heavy atom. The molecule has 0 aliphatic rings. The van der Waals surface area contributed by atoms with Crippen molar-refractivity contribution in [3.63, 3.8) is 0 Å². The monoisotopic (exact) mass is 257 g/mol. The van der Waals surface area contributed by atoms with Gasteiger partial charge >= 0.3 is 5.97 Å². The van der Waals surface area contributed by atoms with Gasteiger partial charge in [-0.2, -0.15) is 0 Å². The van der Waals surface area contributed by atoms with Crippen LogP contribution < -0.4 is 0 Å². The Morgan fingerprint density at radius 1 is 1.37 bits per heavy atom. The van der Waals surface area contributed by atoms with Crippen molar-refractivity contribution in [1.82, 2.24) is 4.57 Å². The zero-order valence-electron chi connectivity index (χ0n) is 10.8. The number of hydrogen-bond donors (Lipinski definition) is 1. The zero-order chi connectivity index (χ0) is 13.8. The minimum Gasteiger partial charge on any atom is -0.490 e. The van der Waals surface area contributed by atoms with Crippen LogP contribution >= 0.6 is 0 Å². The fraction of sp³-hybridized carbons (Fsp3) is 0.133. The highest BCUT2D eigenvalue weighted by molar-refractivity contribution is 5.85. The molecule has 2 rings (SSSR count). The van der Waals surface area contributed by atoms with Crippen LogP contribution in [0.1, 0.15) is 5.69 Å². The van der Waals surface area contributed by atoms with Crippen LogP contribution in [0.3, 0.4) is 0 Å². The van der Waals surface area contributed by atoms with Gasteiger partial charge in [-0.25, -0.2) is 4.79 Å². The summed E-state index contributed by atoms with van der Waals surface area (Å²) in [6.45, 7) is 0. The van der Waals surface area contributed by atoms with Gasteiger partial charge < -0.3 is 14.4 Å². The Hall–Kier alpha value is -2.49. The first-order valence-corrected chi connectivity index (χ1v) is 5.83. The van der Waals surface area contributed by atoms with Crippen molar-refractivity contribution in [3.05, 3.63) is 53.9 Å². The zero-order valence-corrected chi connectivity index (χ0v) is 10.8. The Balaban J connectivity index is 2.31. The lowest BCUT2D eigenvalue weighted by molar-refractivity contribution is -0.136. The first-order chi connectivity index (χ1) is 9.13. The molecule has 0 saturated heterocycles. The topological polar surface area (TPSA) is 51.5 Å². The van der Waals surface area contributed by atoms with E-state index in [4.69, 9.17) is 9.84 Å². The molecule has 0 aliphatic carbocycles. The second kappa shape index (κ2) is 5.44. The first-order valence-electron chi connectivity index (χ1n) is 5.83. The molecule has 0 spiro atoms. The molecule has 2 aromatic rings. The third-order valence-electron chi connectivity index (χ3n) is 2.93. The number of benzene rings is 1. The summed E-state index contributed by atoms with van der Waals surface area (Å²) >= 11 is 0. The molecular weight excluding hydrogens is 242 g/mol. The molecule has 1 N–H and O–H groups in total. The highest BCUT2D eigenvalue weighted by Gasteiger charge is 2.04. The van der Waals surface area contributed by atoms with Gasteiger partial charge in [0.05, 0.1) is 7.11 Å². The second-order valence-corrected chi connectivity index (χ2v) is 4.09. The van der Waals surface area contributed by atoms with Crippen molar-refractivity contribution in [3.8, 4) is 0 Å². The number of para-hydroxylation sites is 1. The summed E-state index contributed by atoms with van der Waals surface area (Å²) in [7, 11) is 3.31. The van der Waals surface area contributed by atoms with E-state index in [1.54, 1.807) is 6.08 Å². The van der Waals surface area contributed by atoms with Crippen LogP contribution in [-0.4, -0.2) is 22.8 Å². The number of methoxy groups -OCH3 is 1. The van der Waals surface area contributed by atoms with Crippen LogP contribution in [-0.2, 0) is 16.6 Å². The summed E-state index contributed by atoms with van der Waals surface area (Å²) in [5.74, 6) is -1.17. The maximum atomic E-state index is 10.7. The SMILES string of the molecule is COC(=CC=Cc1cc2ccccc2n1C)C(=O)O. The fourth-order valence-electron chi connectivity index (χ4n) is 1.93. The van der Waals surface area contributed by atoms with E-state index in [2.05, 4.69) is 0 Å². The van der Waals surface area contributed by atoms with E-state index in [0.717, 1.165) is 16.6 Å². The van der Waals surface area contributed by atoms with Gasteiger partial charge in [-0.15, -0.1) is 0 Å². The summed E-state index contributed by atoms with van der Waals surface area (Å²) in [6.07, 6.45) is 4.95. The number of carboxylic acids is 1. The molecule has 0 aliphatic heterocycles. The molecule has 1 aromatic heterocycles. The molecule has 0 bridgehead atoms. The van der Waals surface area contributed by atoms with E-state index < -0.39 is 5.97 Å². The quantitative estimate of drug-likeness (QED) is 0.520. The number of hydrogen-bond acceptors (Lipinski definition) is 2. The lowest BCUT2D eigenvalue weighted by atomic mass is 10.2. The summed E-state index contributed by atoms with van der Waals surface area (Å²) in [5, 5.41) is 9.96. The smallest absolute Gasteiger partial charge is 0.371 e. The average molecular weight is 257 g/mol. The van der Waals surface area contributed by atoms with Crippen molar-refractivity contribution >= 4 is 22.9 Å². The first kappa shape index (κ1) is 13.0. The van der Waals surface area contributed by atoms with Crippen LogP contribution in [0.25, 0.3) is 17.0 Å². The summed E-state index contributed by atoms with van der Waals surface area (Å²) < 4.78 is 6.79. The normalized spacial score (nSPS) is 12.2. The van der Waals surface area contributed by atoms with Crippen LogP contribution in [0.15, 0.2) is 48.2 Å². The van der Waals surface area contributed by atoms with Crippen molar-refractivity contribution in [2.75, 3.05) is 7.11 Å². The lowest BCUT2D eigenvalue weighted by Gasteiger charge is -1.99. The minimum atomic E-state index is -1.08. The van der Waals surface area contributed by atoms with E-state index in [1.807, 2.05) is 48.0 Å². The molecule has 0 atom stereocenters. The Kier molecular flexibility index (Phi) is 3.71. The molecule has 0 saturated carbocycles. The number of nitrogens with zero attached hydrogens (tertiary/aromatic N) is 1. The van der Waals surface area contributed by atoms with E-state index in [0.29, 0.717) is 0 Å². The predicted molar refractivity (Wildman–Crippen MR) is 74.7 cm³/mol. The van der Waals surface area contributed by atoms with Crippen molar-refractivity contribution in [2.24, 2.45) is 7.05 Å². The molecule has 4 nitrogen and oxygen atoms in total. The molecule has 0 unspecified atom stereocenters. The maximum Gasteiger partial charge on any atom is 0.371 e. The molecule has 4 heteroatoms. The molecule has 1 heterocycles. The van der Waals surface area contributed by atoms with E-state index in [1.165, 1.54) is 13.2 Å². The van der Waals surface area contributed by atoms with Gasteiger partial charge in [-0.05, 0) is 24.3 Å². The number of carbonyl (C=O) groups is 1. The molecule has 1 aromatic carbocycles. The van der Waals surface area contributed by atoms with Crippen LogP contribution in [0.2, 0.25) is 0 Å². The third-order valence-corrected chi connectivity index (χ3v) is 2.93. The van der Waals surface area contributed by atoms with Crippen molar-refractivity contribution in [2.45, 2.75) is 0 Å². The fourth-order valence-corrected chi connectivity index (χ4v) is 1.93. The number of carboxylic acid groups (broad SMARTS) is 1. The van der Waals surface area contributed by atoms with Gasteiger partial charge in [-0.1, -0.05) is 24.3 Å². The van der Waals surface area contributed by atoms with Crippen LogP contribution in [0, 0.1) is 0 Å². The van der Waals surface area contributed by atoms with Gasteiger partial charge in [-0.3, -0.25) is 0 Å². The minimum absolute atomic E-state index is 0.0879. The predicted octanol–water partition coefficient (Wildman–Crippen LogP) is 2.81. The molecule has 0 radical (unpaired) electrons. The van der Waals surface area contributed by atoms with Gasteiger partial charge in [0.15, 0.2) is 0 Å². The number of fused-ring (bicyclic) bond motifs is 1. The van der Waals surface area contributed by atoms with E-state index >= 15 is 0 Å². The number of rotatable bonds is 4.